The maximum absolute atomic E-state index is 13.6. The molecule has 5 rings (SSSR count). The summed E-state index contributed by atoms with van der Waals surface area (Å²) >= 11 is 0. The van der Waals surface area contributed by atoms with Crippen molar-refractivity contribution in [2.45, 2.75) is 33.4 Å². The summed E-state index contributed by atoms with van der Waals surface area (Å²) in [5.74, 6) is 0.321. The number of carbonyl (C=O) groups excluding carboxylic acids is 1. The Morgan fingerprint density at radius 1 is 1.24 bits per heavy atom. The van der Waals surface area contributed by atoms with Crippen LogP contribution in [0, 0.1) is 13.8 Å². The summed E-state index contributed by atoms with van der Waals surface area (Å²) in [6.07, 6.45) is 3.30. The van der Waals surface area contributed by atoms with Crippen molar-refractivity contribution in [3.63, 3.8) is 0 Å². The Morgan fingerprint density at radius 3 is 2.70 bits per heavy atom. The van der Waals surface area contributed by atoms with Crippen molar-refractivity contribution in [2.75, 3.05) is 13.2 Å². The van der Waals surface area contributed by atoms with Crippen LogP contribution in [0.4, 0.5) is 0 Å². The molecular weight excluding hydrogens is 476 g/mol. The normalized spacial score (nSPS) is 12.3. The molecule has 0 radical (unpaired) electrons. The van der Waals surface area contributed by atoms with Gasteiger partial charge in [-0.1, -0.05) is 11.2 Å². The lowest BCUT2D eigenvalue weighted by atomic mass is 10.00. The molecule has 0 saturated heterocycles. The largest absolute Gasteiger partial charge is 0.483 e. The highest BCUT2D eigenvalue weighted by Crippen LogP contribution is 2.39. The molecule has 37 heavy (non-hydrogen) atoms. The number of pyridine rings is 2. The van der Waals surface area contributed by atoms with E-state index in [0.29, 0.717) is 50.4 Å². The second-order valence-electron chi connectivity index (χ2n) is 8.77. The number of hydrogen-bond donors (Lipinski definition) is 2. The molecule has 1 atom stereocenters. The standard InChI is InChI=1S/C26H26N6O5/c1-14-24(16(3)37-30-14)18-10-20-17(11-22(18)36-13-23(27)34)25-21(12-29-20)31(8-9-33)26(35)32(25)15(2)19-6-4-5-7-28-19/h4-7,10-12,15,33H,8-9,13H2,1-3H3,(H2,27,34). The number of aliphatic hydroxyl groups is 1. The number of aromatic nitrogens is 5. The molecule has 0 fully saturated rings. The van der Waals surface area contributed by atoms with E-state index in [1.165, 1.54) is 4.57 Å². The lowest BCUT2D eigenvalue weighted by molar-refractivity contribution is -0.119. The Hall–Kier alpha value is -4.51. The number of hydrogen-bond acceptors (Lipinski definition) is 8. The lowest BCUT2D eigenvalue weighted by Crippen LogP contribution is -2.28. The van der Waals surface area contributed by atoms with Crippen LogP contribution < -0.4 is 16.2 Å². The van der Waals surface area contributed by atoms with Crippen molar-refractivity contribution in [1.82, 2.24) is 24.3 Å². The number of benzene rings is 1. The first-order valence-corrected chi connectivity index (χ1v) is 11.8. The van der Waals surface area contributed by atoms with Crippen LogP contribution in [0.2, 0.25) is 0 Å². The topological polar surface area (TPSA) is 151 Å². The molecule has 0 bridgehead atoms. The molecule has 190 valence electrons. The van der Waals surface area contributed by atoms with Crippen molar-refractivity contribution >= 4 is 27.8 Å². The number of nitrogens with zero attached hydrogens (tertiary/aromatic N) is 5. The number of fused-ring (bicyclic) bond motifs is 3. The van der Waals surface area contributed by atoms with E-state index in [4.69, 9.17) is 15.0 Å². The third-order valence-electron chi connectivity index (χ3n) is 6.39. The second kappa shape index (κ2) is 9.51. The quantitative estimate of drug-likeness (QED) is 0.328. The Labute approximate surface area is 211 Å². The van der Waals surface area contributed by atoms with Crippen molar-refractivity contribution in [1.29, 1.82) is 0 Å². The van der Waals surface area contributed by atoms with E-state index in [1.54, 1.807) is 30.0 Å². The van der Waals surface area contributed by atoms with Gasteiger partial charge < -0.3 is 20.1 Å². The fourth-order valence-electron chi connectivity index (χ4n) is 4.74. The molecule has 0 aliphatic rings. The van der Waals surface area contributed by atoms with Gasteiger partial charge in [0.25, 0.3) is 5.91 Å². The van der Waals surface area contributed by atoms with E-state index in [9.17, 15) is 14.7 Å². The van der Waals surface area contributed by atoms with Crippen molar-refractivity contribution in [3.05, 3.63) is 70.4 Å². The summed E-state index contributed by atoms with van der Waals surface area (Å²) in [6, 6.07) is 8.68. The molecule has 1 unspecified atom stereocenters. The van der Waals surface area contributed by atoms with Gasteiger partial charge in [0.05, 0.1) is 58.9 Å². The Morgan fingerprint density at radius 2 is 2.05 bits per heavy atom. The van der Waals surface area contributed by atoms with Gasteiger partial charge in [-0.2, -0.15) is 0 Å². The highest BCUT2D eigenvalue weighted by atomic mass is 16.5. The monoisotopic (exact) mass is 502 g/mol. The Balaban J connectivity index is 1.85. The van der Waals surface area contributed by atoms with Gasteiger partial charge in [0.2, 0.25) is 0 Å². The summed E-state index contributed by atoms with van der Waals surface area (Å²) < 4.78 is 14.3. The first-order valence-electron chi connectivity index (χ1n) is 11.8. The van der Waals surface area contributed by atoms with Crippen LogP contribution in [0.3, 0.4) is 0 Å². The minimum Gasteiger partial charge on any atom is -0.483 e. The van der Waals surface area contributed by atoms with Crippen molar-refractivity contribution in [3.8, 4) is 16.9 Å². The summed E-state index contributed by atoms with van der Waals surface area (Å²) in [4.78, 5) is 34.3. The van der Waals surface area contributed by atoms with Crippen LogP contribution in [-0.2, 0) is 11.3 Å². The van der Waals surface area contributed by atoms with E-state index < -0.39 is 11.9 Å². The predicted octanol–water partition coefficient (Wildman–Crippen LogP) is 2.48. The van der Waals surface area contributed by atoms with E-state index in [1.807, 2.05) is 38.1 Å². The highest BCUT2D eigenvalue weighted by molar-refractivity contribution is 6.05. The molecule has 0 aliphatic heterocycles. The highest BCUT2D eigenvalue weighted by Gasteiger charge is 2.24. The minimum atomic E-state index is -0.629. The molecule has 4 aromatic heterocycles. The number of carbonyl (C=O) groups is 1. The zero-order chi connectivity index (χ0) is 26.3. The molecule has 0 spiro atoms. The number of aryl methyl sites for hydroxylation is 2. The fraction of sp³-hybridized carbons (Fsp3) is 0.269. The number of primary amides is 1. The van der Waals surface area contributed by atoms with E-state index in [-0.39, 0.29) is 25.4 Å². The molecule has 1 aromatic carbocycles. The second-order valence-corrected chi connectivity index (χ2v) is 8.77. The molecule has 5 aromatic rings. The number of imidazole rings is 1. The van der Waals surface area contributed by atoms with Gasteiger partial charge in [0, 0.05) is 17.1 Å². The third-order valence-corrected chi connectivity index (χ3v) is 6.39. The molecular formula is C26H26N6O5. The number of amides is 1. The van der Waals surface area contributed by atoms with Crippen LogP contribution in [0.15, 0.2) is 52.0 Å². The molecule has 4 heterocycles. The van der Waals surface area contributed by atoms with Gasteiger partial charge in [-0.3, -0.25) is 23.9 Å². The Bertz CT molecular complexity index is 1670. The number of rotatable bonds is 8. The first-order chi connectivity index (χ1) is 17.8. The van der Waals surface area contributed by atoms with Gasteiger partial charge in [-0.25, -0.2) is 4.79 Å². The van der Waals surface area contributed by atoms with Crippen molar-refractivity contribution in [2.24, 2.45) is 5.73 Å². The van der Waals surface area contributed by atoms with Gasteiger partial charge in [0.15, 0.2) is 6.61 Å². The summed E-state index contributed by atoms with van der Waals surface area (Å²) in [6.45, 7) is 5.04. The zero-order valence-electron chi connectivity index (χ0n) is 20.6. The van der Waals surface area contributed by atoms with Crippen LogP contribution in [0.1, 0.15) is 30.1 Å². The van der Waals surface area contributed by atoms with Crippen LogP contribution in [-0.4, -0.2) is 48.5 Å². The van der Waals surface area contributed by atoms with Gasteiger partial charge >= 0.3 is 5.69 Å². The average molecular weight is 503 g/mol. The van der Waals surface area contributed by atoms with Gasteiger partial charge in [-0.05, 0) is 45.0 Å². The molecule has 3 N–H and O–H groups in total. The van der Waals surface area contributed by atoms with Crippen LogP contribution in [0.5, 0.6) is 5.75 Å². The number of ether oxygens (including phenoxy) is 1. The predicted molar refractivity (Wildman–Crippen MR) is 136 cm³/mol. The van der Waals surface area contributed by atoms with Crippen molar-refractivity contribution < 1.29 is 19.2 Å². The smallest absolute Gasteiger partial charge is 0.329 e. The summed E-state index contributed by atoms with van der Waals surface area (Å²) in [5.41, 5.74) is 9.54. The minimum absolute atomic E-state index is 0.104. The zero-order valence-corrected chi connectivity index (χ0v) is 20.6. The SMILES string of the molecule is Cc1noc(C)c1-c1cc2ncc3c(c2cc1OCC(N)=O)n(C(C)c1ccccn1)c(=O)n3CCO. The molecule has 11 heteroatoms. The van der Waals surface area contributed by atoms with E-state index in [0.717, 1.165) is 5.56 Å². The average Bonchev–Trinajstić information content (AvgIpc) is 3.37. The maximum atomic E-state index is 13.6. The maximum Gasteiger partial charge on any atom is 0.329 e. The molecule has 0 saturated carbocycles. The Kier molecular flexibility index (Phi) is 6.22. The third kappa shape index (κ3) is 4.12. The first kappa shape index (κ1) is 24.2. The lowest BCUT2D eigenvalue weighted by Gasteiger charge is -2.16. The van der Waals surface area contributed by atoms with Gasteiger partial charge in [0.1, 0.15) is 11.5 Å². The van der Waals surface area contributed by atoms with Crippen LogP contribution in [0.25, 0.3) is 33.1 Å². The summed E-state index contributed by atoms with van der Waals surface area (Å²) in [5, 5.41) is 14.3. The molecule has 0 aliphatic carbocycles. The van der Waals surface area contributed by atoms with Gasteiger partial charge in [-0.15, -0.1) is 0 Å². The number of aliphatic hydroxyl groups excluding tert-OH is 1. The van der Waals surface area contributed by atoms with E-state index >= 15 is 0 Å². The molecule has 11 nitrogen and oxygen atoms in total. The molecule has 1 amide bonds. The number of nitrogens with two attached hydrogens (primary N) is 1. The van der Waals surface area contributed by atoms with Crippen LogP contribution >= 0.6 is 0 Å². The van der Waals surface area contributed by atoms with E-state index in [2.05, 4.69) is 15.1 Å². The fourth-order valence-corrected chi connectivity index (χ4v) is 4.74. The summed E-state index contributed by atoms with van der Waals surface area (Å²) in [7, 11) is 0.